The molecule has 21 heavy (non-hydrogen) atoms. The number of aryl methyl sites for hydroxylation is 1. The van der Waals surface area contributed by atoms with Crippen LogP contribution in [-0.2, 0) is 4.74 Å². The third-order valence-electron chi connectivity index (χ3n) is 3.29. The van der Waals surface area contributed by atoms with E-state index in [2.05, 4.69) is 5.32 Å². The molecule has 1 N–H and O–H groups in total. The van der Waals surface area contributed by atoms with Crippen LogP contribution in [-0.4, -0.2) is 30.6 Å². The summed E-state index contributed by atoms with van der Waals surface area (Å²) < 4.78 is 5.35. The van der Waals surface area contributed by atoms with Gasteiger partial charge >= 0.3 is 0 Å². The normalized spacial score (nSPS) is 12.8. The summed E-state index contributed by atoms with van der Waals surface area (Å²) in [5.74, 6) is -0.461. The highest BCUT2D eigenvalue weighted by atomic mass is 16.6. The summed E-state index contributed by atoms with van der Waals surface area (Å²) in [6.07, 6.45) is -0.176. The van der Waals surface area contributed by atoms with Crippen molar-refractivity contribution in [3.63, 3.8) is 0 Å². The fraction of sp³-hybridized carbons (Fsp3) is 0.533. The van der Waals surface area contributed by atoms with Crippen LogP contribution >= 0.6 is 0 Å². The fourth-order valence-corrected chi connectivity index (χ4v) is 2.01. The maximum Gasteiger partial charge on any atom is 0.282 e. The number of amides is 1. The first kappa shape index (κ1) is 17.1. The smallest absolute Gasteiger partial charge is 0.282 e. The Bertz CT molecular complexity index is 535. The third kappa shape index (κ3) is 4.53. The highest BCUT2D eigenvalue weighted by molar-refractivity contribution is 5.98. The predicted molar refractivity (Wildman–Crippen MR) is 80.4 cm³/mol. The number of ether oxygens (including phenoxy) is 1. The number of nitro benzene ring substituents is 1. The van der Waals surface area contributed by atoms with Gasteiger partial charge in [0.15, 0.2) is 0 Å². The summed E-state index contributed by atoms with van der Waals surface area (Å²) in [4.78, 5) is 22.6. The summed E-state index contributed by atoms with van der Waals surface area (Å²) >= 11 is 0. The van der Waals surface area contributed by atoms with Gasteiger partial charge in [-0.1, -0.05) is 26.8 Å². The largest absolute Gasteiger partial charge is 0.379 e. The zero-order valence-corrected chi connectivity index (χ0v) is 13.1. The minimum atomic E-state index is -0.550. The minimum Gasteiger partial charge on any atom is -0.379 e. The van der Waals surface area contributed by atoms with Gasteiger partial charge in [0.25, 0.3) is 11.6 Å². The van der Waals surface area contributed by atoms with Crippen LogP contribution in [0.5, 0.6) is 0 Å². The molecule has 0 aliphatic rings. The number of methoxy groups -OCH3 is 1. The maximum atomic E-state index is 12.2. The Morgan fingerprint density at radius 3 is 2.52 bits per heavy atom. The quantitative estimate of drug-likeness (QED) is 0.668. The Kier molecular flexibility index (Phi) is 5.43. The van der Waals surface area contributed by atoms with Crippen LogP contribution in [0.15, 0.2) is 18.2 Å². The summed E-state index contributed by atoms with van der Waals surface area (Å²) in [7, 11) is 1.58. The molecule has 0 aliphatic carbocycles. The first-order chi connectivity index (χ1) is 9.66. The van der Waals surface area contributed by atoms with E-state index in [1.54, 1.807) is 20.1 Å². The standard InChI is InChI=1S/C15H22N2O4/c1-10-6-7-12(17(19)20)11(8-10)14(18)16-9-13(21-5)15(2,3)4/h6-8,13H,9H2,1-5H3,(H,16,18)/t13-/m0/s1. The molecule has 0 aliphatic heterocycles. The van der Waals surface area contributed by atoms with Crippen molar-refractivity contribution in [3.05, 3.63) is 39.4 Å². The average Bonchev–Trinajstić information content (AvgIpc) is 2.37. The second-order valence-corrected chi connectivity index (χ2v) is 6.08. The molecular formula is C15H22N2O4. The van der Waals surface area contributed by atoms with E-state index in [4.69, 9.17) is 4.74 Å². The molecule has 0 heterocycles. The lowest BCUT2D eigenvalue weighted by Gasteiger charge is -2.29. The van der Waals surface area contributed by atoms with Crippen molar-refractivity contribution in [2.24, 2.45) is 5.41 Å². The van der Waals surface area contributed by atoms with Crippen LogP contribution < -0.4 is 5.32 Å². The molecule has 0 saturated heterocycles. The lowest BCUT2D eigenvalue weighted by molar-refractivity contribution is -0.385. The van der Waals surface area contributed by atoms with E-state index >= 15 is 0 Å². The number of nitro groups is 1. The van der Waals surface area contributed by atoms with E-state index in [1.807, 2.05) is 20.8 Å². The number of carbonyl (C=O) groups excluding carboxylic acids is 1. The van der Waals surface area contributed by atoms with Gasteiger partial charge < -0.3 is 10.1 Å². The van der Waals surface area contributed by atoms with E-state index in [1.165, 1.54) is 12.1 Å². The third-order valence-corrected chi connectivity index (χ3v) is 3.29. The second-order valence-electron chi connectivity index (χ2n) is 6.08. The molecule has 0 spiro atoms. The second kappa shape index (κ2) is 6.67. The number of hydrogen-bond acceptors (Lipinski definition) is 4. The monoisotopic (exact) mass is 294 g/mol. The molecule has 1 atom stereocenters. The number of hydrogen-bond donors (Lipinski definition) is 1. The van der Waals surface area contributed by atoms with Crippen LogP contribution in [0.25, 0.3) is 0 Å². The van der Waals surface area contributed by atoms with Crippen LogP contribution in [0.2, 0.25) is 0 Å². The number of nitrogens with zero attached hydrogens (tertiary/aromatic N) is 1. The molecule has 0 fully saturated rings. The van der Waals surface area contributed by atoms with Gasteiger partial charge in [0.1, 0.15) is 5.56 Å². The van der Waals surface area contributed by atoms with Crippen molar-refractivity contribution >= 4 is 11.6 Å². The molecule has 0 aromatic heterocycles. The van der Waals surface area contributed by atoms with Crippen molar-refractivity contribution < 1.29 is 14.5 Å². The average molecular weight is 294 g/mol. The first-order valence-corrected chi connectivity index (χ1v) is 6.73. The topological polar surface area (TPSA) is 81.5 Å². The predicted octanol–water partition coefficient (Wildman–Crippen LogP) is 2.69. The molecule has 0 radical (unpaired) electrons. The fourth-order valence-electron chi connectivity index (χ4n) is 2.01. The van der Waals surface area contributed by atoms with E-state index in [0.717, 1.165) is 5.56 Å². The Labute approximate surface area is 124 Å². The van der Waals surface area contributed by atoms with Gasteiger partial charge in [-0.15, -0.1) is 0 Å². The summed E-state index contributed by atoms with van der Waals surface area (Å²) in [5, 5.41) is 13.7. The molecule has 6 heteroatoms. The van der Waals surface area contributed by atoms with Gasteiger partial charge in [0.2, 0.25) is 0 Å². The molecule has 116 valence electrons. The SMILES string of the molecule is CO[C@@H](CNC(=O)c1cc(C)ccc1[N+](=O)[O-])C(C)(C)C. The Balaban J connectivity index is 2.90. The molecule has 1 amide bonds. The lowest BCUT2D eigenvalue weighted by Crippen LogP contribution is -2.40. The lowest BCUT2D eigenvalue weighted by atomic mass is 9.89. The van der Waals surface area contributed by atoms with Crippen LogP contribution in [0.4, 0.5) is 5.69 Å². The highest BCUT2D eigenvalue weighted by Crippen LogP contribution is 2.22. The van der Waals surface area contributed by atoms with Gasteiger partial charge in [-0.05, 0) is 24.0 Å². The highest BCUT2D eigenvalue weighted by Gasteiger charge is 2.26. The van der Waals surface area contributed by atoms with Crippen LogP contribution in [0.1, 0.15) is 36.7 Å². The van der Waals surface area contributed by atoms with Gasteiger partial charge in [0.05, 0.1) is 11.0 Å². The van der Waals surface area contributed by atoms with E-state index < -0.39 is 10.8 Å². The molecule has 1 aromatic rings. The Morgan fingerprint density at radius 2 is 2.05 bits per heavy atom. The van der Waals surface area contributed by atoms with Gasteiger partial charge in [-0.2, -0.15) is 0 Å². The zero-order valence-electron chi connectivity index (χ0n) is 13.1. The van der Waals surface area contributed by atoms with E-state index in [9.17, 15) is 14.9 Å². The molecule has 0 bridgehead atoms. The number of rotatable bonds is 5. The van der Waals surface area contributed by atoms with Gasteiger partial charge in [-0.25, -0.2) is 0 Å². The van der Waals surface area contributed by atoms with Crippen molar-refractivity contribution in [3.8, 4) is 0 Å². The van der Waals surface area contributed by atoms with Crippen LogP contribution in [0.3, 0.4) is 0 Å². The summed E-state index contributed by atoms with van der Waals surface area (Å²) in [6, 6.07) is 4.48. The Hall–Kier alpha value is -1.95. The molecule has 0 saturated carbocycles. The summed E-state index contributed by atoms with van der Waals surface area (Å²) in [6.45, 7) is 8.09. The number of benzene rings is 1. The maximum absolute atomic E-state index is 12.2. The van der Waals surface area contributed by atoms with Crippen molar-refractivity contribution in [1.29, 1.82) is 0 Å². The molecule has 1 rings (SSSR count). The van der Waals surface area contributed by atoms with E-state index in [-0.39, 0.29) is 22.8 Å². The molecule has 6 nitrogen and oxygen atoms in total. The minimum absolute atomic E-state index is 0.0729. The summed E-state index contributed by atoms with van der Waals surface area (Å²) in [5.41, 5.74) is 0.539. The molecule has 0 unspecified atom stereocenters. The Morgan fingerprint density at radius 1 is 1.43 bits per heavy atom. The van der Waals surface area contributed by atoms with Crippen molar-refractivity contribution in [1.82, 2.24) is 5.32 Å². The van der Waals surface area contributed by atoms with Crippen molar-refractivity contribution in [2.75, 3.05) is 13.7 Å². The molecular weight excluding hydrogens is 272 g/mol. The van der Waals surface area contributed by atoms with Gasteiger partial charge in [-0.3, -0.25) is 14.9 Å². The van der Waals surface area contributed by atoms with E-state index in [0.29, 0.717) is 6.54 Å². The zero-order chi connectivity index (χ0) is 16.2. The van der Waals surface area contributed by atoms with Crippen molar-refractivity contribution in [2.45, 2.75) is 33.8 Å². The van der Waals surface area contributed by atoms with Crippen LogP contribution in [0, 0.1) is 22.5 Å². The first-order valence-electron chi connectivity index (χ1n) is 6.73. The van der Waals surface area contributed by atoms with Gasteiger partial charge in [0, 0.05) is 19.7 Å². The number of carbonyl (C=O) groups is 1. The number of nitrogens with one attached hydrogen (secondary N) is 1. The molecule has 1 aromatic carbocycles.